The van der Waals surface area contributed by atoms with Crippen LogP contribution in [0.2, 0.25) is 0 Å². The zero-order valence-corrected chi connectivity index (χ0v) is 12.7. The molecule has 0 bridgehead atoms. The molecular weight excluding hydrogens is 256 g/mol. The van der Waals surface area contributed by atoms with E-state index in [1.54, 1.807) is 0 Å². The van der Waals surface area contributed by atoms with Crippen LogP contribution in [-0.2, 0) is 9.59 Å². The van der Waals surface area contributed by atoms with Gasteiger partial charge in [-0.05, 0) is 12.8 Å². The minimum absolute atomic E-state index is 0.0435. The molecule has 1 saturated heterocycles. The summed E-state index contributed by atoms with van der Waals surface area (Å²) < 4.78 is 0. The number of rotatable bonds is 7. The van der Waals surface area contributed by atoms with E-state index in [-0.39, 0.29) is 17.9 Å². The van der Waals surface area contributed by atoms with Crippen LogP contribution in [0.4, 0.5) is 0 Å². The lowest BCUT2D eigenvalue weighted by Gasteiger charge is -2.35. The quantitative estimate of drug-likeness (QED) is 0.678. The molecular formula is C14H28N4O2. The largest absolute Gasteiger partial charge is 0.355 e. The number of carbonyl (C=O) groups is 2. The SMILES string of the molecule is CCCNC(=O)CN1CCN(C(=O)[C@H](N)CCC)CC1. The van der Waals surface area contributed by atoms with Crippen LogP contribution < -0.4 is 11.1 Å². The third-order valence-corrected chi connectivity index (χ3v) is 3.54. The molecule has 1 rings (SSSR count). The lowest BCUT2D eigenvalue weighted by molar-refractivity contribution is -0.134. The molecule has 0 radical (unpaired) electrons. The second-order valence-corrected chi connectivity index (χ2v) is 5.35. The zero-order valence-electron chi connectivity index (χ0n) is 12.7. The average molecular weight is 284 g/mol. The minimum atomic E-state index is -0.376. The van der Waals surface area contributed by atoms with E-state index in [4.69, 9.17) is 5.73 Å². The molecule has 20 heavy (non-hydrogen) atoms. The number of nitrogens with zero attached hydrogens (tertiary/aromatic N) is 2. The van der Waals surface area contributed by atoms with E-state index in [1.165, 1.54) is 0 Å². The summed E-state index contributed by atoms with van der Waals surface area (Å²) in [6.07, 6.45) is 2.60. The van der Waals surface area contributed by atoms with Crippen LogP contribution in [0.5, 0.6) is 0 Å². The van der Waals surface area contributed by atoms with Gasteiger partial charge in [0.15, 0.2) is 0 Å². The molecule has 3 N–H and O–H groups in total. The van der Waals surface area contributed by atoms with Crippen molar-refractivity contribution in [3.8, 4) is 0 Å². The summed E-state index contributed by atoms with van der Waals surface area (Å²) in [5.41, 5.74) is 5.86. The van der Waals surface area contributed by atoms with Crippen LogP contribution >= 0.6 is 0 Å². The van der Waals surface area contributed by atoms with Crippen LogP contribution in [0.3, 0.4) is 0 Å². The molecule has 0 aromatic rings. The monoisotopic (exact) mass is 284 g/mol. The fourth-order valence-corrected chi connectivity index (χ4v) is 2.32. The van der Waals surface area contributed by atoms with Crippen LogP contribution in [0.15, 0.2) is 0 Å². The van der Waals surface area contributed by atoms with Gasteiger partial charge in [-0.15, -0.1) is 0 Å². The van der Waals surface area contributed by atoms with Crippen molar-refractivity contribution in [3.63, 3.8) is 0 Å². The molecule has 1 aliphatic heterocycles. The first-order chi connectivity index (χ1) is 9.58. The van der Waals surface area contributed by atoms with Gasteiger partial charge in [0.25, 0.3) is 0 Å². The Kier molecular flexibility index (Phi) is 7.54. The average Bonchev–Trinajstić information content (AvgIpc) is 2.45. The Morgan fingerprint density at radius 1 is 1.15 bits per heavy atom. The van der Waals surface area contributed by atoms with Crippen molar-refractivity contribution in [2.45, 2.75) is 39.2 Å². The number of nitrogens with one attached hydrogen (secondary N) is 1. The minimum Gasteiger partial charge on any atom is -0.355 e. The highest BCUT2D eigenvalue weighted by atomic mass is 16.2. The van der Waals surface area contributed by atoms with Crippen molar-refractivity contribution in [2.24, 2.45) is 5.73 Å². The second-order valence-electron chi connectivity index (χ2n) is 5.35. The maximum Gasteiger partial charge on any atom is 0.239 e. The Labute approximate surface area is 121 Å². The van der Waals surface area contributed by atoms with E-state index in [9.17, 15) is 9.59 Å². The third-order valence-electron chi connectivity index (χ3n) is 3.54. The van der Waals surface area contributed by atoms with Gasteiger partial charge in [0.05, 0.1) is 12.6 Å². The van der Waals surface area contributed by atoms with Gasteiger partial charge < -0.3 is 16.0 Å². The lowest BCUT2D eigenvalue weighted by atomic mass is 10.1. The predicted molar refractivity (Wildman–Crippen MR) is 79.2 cm³/mol. The molecule has 0 aliphatic carbocycles. The summed E-state index contributed by atoms with van der Waals surface area (Å²) in [7, 11) is 0. The van der Waals surface area contributed by atoms with E-state index >= 15 is 0 Å². The van der Waals surface area contributed by atoms with Crippen LogP contribution in [0, 0.1) is 0 Å². The molecule has 1 aliphatic rings. The molecule has 1 fully saturated rings. The zero-order chi connectivity index (χ0) is 15.0. The fourth-order valence-electron chi connectivity index (χ4n) is 2.32. The normalized spacial score (nSPS) is 17.9. The molecule has 1 heterocycles. The molecule has 6 nitrogen and oxygen atoms in total. The van der Waals surface area contributed by atoms with E-state index in [2.05, 4.69) is 10.2 Å². The first-order valence-electron chi connectivity index (χ1n) is 7.61. The molecule has 1 atom stereocenters. The van der Waals surface area contributed by atoms with E-state index in [0.717, 1.165) is 38.9 Å². The Balaban J connectivity index is 2.29. The smallest absolute Gasteiger partial charge is 0.239 e. The van der Waals surface area contributed by atoms with Gasteiger partial charge >= 0.3 is 0 Å². The lowest BCUT2D eigenvalue weighted by Crippen LogP contribution is -2.54. The first kappa shape index (κ1) is 16.9. The van der Waals surface area contributed by atoms with Gasteiger partial charge in [0.1, 0.15) is 0 Å². The summed E-state index contributed by atoms with van der Waals surface area (Å²) in [4.78, 5) is 27.6. The summed E-state index contributed by atoms with van der Waals surface area (Å²) >= 11 is 0. The number of carbonyl (C=O) groups excluding carboxylic acids is 2. The molecule has 0 spiro atoms. The number of hydrogen-bond acceptors (Lipinski definition) is 4. The molecule has 0 unspecified atom stereocenters. The van der Waals surface area contributed by atoms with E-state index in [1.807, 2.05) is 18.7 Å². The second kappa shape index (κ2) is 8.92. The predicted octanol–water partition coefficient (Wildman–Crippen LogP) is -0.216. The number of amides is 2. The van der Waals surface area contributed by atoms with Crippen molar-refractivity contribution in [3.05, 3.63) is 0 Å². The van der Waals surface area contributed by atoms with Crippen molar-refractivity contribution < 1.29 is 9.59 Å². The number of nitrogens with two attached hydrogens (primary N) is 1. The van der Waals surface area contributed by atoms with Gasteiger partial charge in [0, 0.05) is 32.7 Å². The van der Waals surface area contributed by atoms with Crippen molar-refractivity contribution in [2.75, 3.05) is 39.3 Å². The standard InChI is InChI=1S/C14H28N4O2/c1-3-5-12(15)14(20)18-9-7-17(8-10-18)11-13(19)16-6-4-2/h12H,3-11,15H2,1-2H3,(H,16,19)/t12-/m1/s1. The number of piperazine rings is 1. The Bertz CT molecular complexity index is 314. The molecule has 0 saturated carbocycles. The summed E-state index contributed by atoms with van der Waals surface area (Å²) in [5, 5.41) is 2.87. The van der Waals surface area contributed by atoms with Gasteiger partial charge in [-0.2, -0.15) is 0 Å². The van der Waals surface area contributed by atoms with Gasteiger partial charge in [0.2, 0.25) is 11.8 Å². The molecule has 2 amide bonds. The highest BCUT2D eigenvalue weighted by molar-refractivity contribution is 5.81. The highest BCUT2D eigenvalue weighted by Gasteiger charge is 2.25. The maximum atomic E-state index is 12.1. The molecule has 116 valence electrons. The third kappa shape index (κ3) is 5.46. The van der Waals surface area contributed by atoms with Crippen LogP contribution in [0.25, 0.3) is 0 Å². The topological polar surface area (TPSA) is 78.7 Å². The Morgan fingerprint density at radius 3 is 2.35 bits per heavy atom. The van der Waals surface area contributed by atoms with Crippen molar-refractivity contribution >= 4 is 11.8 Å². The van der Waals surface area contributed by atoms with Gasteiger partial charge in [-0.1, -0.05) is 20.3 Å². The summed E-state index contributed by atoms with van der Waals surface area (Å²) in [5.74, 6) is 0.108. The van der Waals surface area contributed by atoms with E-state index in [0.29, 0.717) is 19.6 Å². The molecule has 6 heteroatoms. The van der Waals surface area contributed by atoms with Crippen LogP contribution in [0.1, 0.15) is 33.1 Å². The summed E-state index contributed by atoms with van der Waals surface area (Å²) in [6, 6.07) is -0.376. The Morgan fingerprint density at radius 2 is 1.80 bits per heavy atom. The molecule has 0 aromatic heterocycles. The van der Waals surface area contributed by atoms with Gasteiger partial charge in [-0.3, -0.25) is 14.5 Å². The van der Waals surface area contributed by atoms with Crippen molar-refractivity contribution in [1.29, 1.82) is 0 Å². The van der Waals surface area contributed by atoms with Crippen LogP contribution in [-0.4, -0.2) is 66.9 Å². The Hall–Kier alpha value is -1.14. The first-order valence-corrected chi connectivity index (χ1v) is 7.61. The van der Waals surface area contributed by atoms with Gasteiger partial charge in [-0.25, -0.2) is 0 Å². The fraction of sp³-hybridized carbons (Fsp3) is 0.857. The molecule has 0 aromatic carbocycles. The number of hydrogen-bond donors (Lipinski definition) is 2. The summed E-state index contributed by atoms with van der Waals surface area (Å²) in [6.45, 7) is 8.01. The van der Waals surface area contributed by atoms with E-state index < -0.39 is 0 Å². The van der Waals surface area contributed by atoms with Crippen molar-refractivity contribution in [1.82, 2.24) is 15.1 Å². The maximum absolute atomic E-state index is 12.1. The highest BCUT2D eigenvalue weighted by Crippen LogP contribution is 2.05.